The summed E-state index contributed by atoms with van der Waals surface area (Å²) in [5, 5.41) is 10.4. The van der Waals surface area contributed by atoms with Crippen LogP contribution in [0, 0.1) is 0 Å². The number of rotatable bonds is 2. The van der Waals surface area contributed by atoms with E-state index in [0.29, 0.717) is 0 Å². The molecule has 5 heteroatoms. The average Bonchev–Trinajstić information content (AvgIpc) is 2.83. The zero-order valence-electron chi connectivity index (χ0n) is 9.42. The maximum absolute atomic E-state index is 9.27. The molecular formula is C13H10BrN3O. The molecule has 0 spiro atoms. The molecule has 0 aliphatic heterocycles. The highest BCUT2D eigenvalue weighted by Gasteiger charge is 2.07. The summed E-state index contributed by atoms with van der Waals surface area (Å²) in [6.07, 6.45) is 7.21. The van der Waals surface area contributed by atoms with Gasteiger partial charge >= 0.3 is 0 Å². The van der Waals surface area contributed by atoms with Gasteiger partial charge in [-0.15, -0.1) is 0 Å². The molecule has 0 aliphatic rings. The lowest BCUT2D eigenvalue weighted by Crippen LogP contribution is -1.98. The molecule has 0 fully saturated rings. The minimum absolute atomic E-state index is 0.0203. The molecule has 0 saturated carbocycles. The normalized spacial score (nSPS) is 11.0. The van der Waals surface area contributed by atoms with E-state index in [1.165, 1.54) is 0 Å². The second-order valence-electron chi connectivity index (χ2n) is 3.91. The Morgan fingerprint density at radius 3 is 3.00 bits per heavy atom. The van der Waals surface area contributed by atoms with Gasteiger partial charge in [-0.1, -0.05) is 0 Å². The van der Waals surface area contributed by atoms with E-state index in [4.69, 9.17) is 0 Å². The first kappa shape index (κ1) is 11.4. The molecule has 0 saturated heterocycles. The van der Waals surface area contributed by atoms with Crippen molar-refractivity contribution in [2.75, 3.05) is 0 Å². The van der Waals surface area contributed by atoms with Crippen molar-refractivity contribution < 1.29 is 5.11 Å². The van der Waals surface area contributed by atoms with Gasteiger partial charge in [-0.05, 0) is 39.7 Å². The summed E-state index contributed by atoms with van der Waals surface area (Å²) in [7, 11) is 0. The second-order valence-corrected chi connectivity index (χ2v) is 4.77. The van der Waals surface area contributed by atoms with E-state index in [2.05, 4.69) is 25.9 Å². The Kier molecular flexibility index (Phi) is 2.85. The van der Waals surface area contributed by atoms with Gasteiger partial charge in [-0.2, -0.15) is 0 Å². The first-order valence-electron chi connectivity index (χ1n) is 5.46. The molecule has 90 valence electrons. The molecular weight excluding hydrogens is 294 g/mol. The average molecular weight is 304 g/mol. The molecule has 3 heterocycles. The molecule has 0 aliphatic carbocycles. The first-order valence-corrected chi connectivity index (χ1v) is 6.25. The van der Waals surface area contributed by atoms with Crippen molar-refractivity contribution >= 4 is 26.8 Å². The van der Waals surface area contributed by atoms with Gasteiger partial charge in [-0.25, -0.2) is 4.98 Å². The van der Waals surface area contributed by atoms with Crippen LogP contribution in [0.15, 0.2) is 47.5 Å². The highest BCUT2D eigenvalue weighted by atomic mass is 79.9. The predicted molar refractivity (Wildman–Crippen MR) is 72.5 cm³/mol. The van der Waals surface area contributed by atoms with Gasteiger partial charge < -0.3 is 5.11 Å². The molecule has 3 aromatic heterocycles. The summed E-state index contributed by atoms with van der Waals surface area (Å²) in [5.41, 5.74) is 1.81. The fraction of sp³-hybridized carbons (Fsp3) is 0.0769. The lowest BCUT2D eigenvalue weighted by Gasteiger charge is -2.07. The maximum atomic E-state index is 9.27. The van der Waals surface area contributed by atoms with Crippen molar-refractivity contribution in [3.8, 4) is 5.82 Å². The number of aromatic nitrogens is 3. The Labute approximate surface area is 112 Å². The van der Waals surface area contributed by atoms with Crippen LogP contribution in [0.2, 0.25) is 0 Å². The molecule has 4 nitrogen and oxygen atoms in total. The first-order chi connectivity index (χ1) is 8.79. The minimum Gasteiger partial charge on any atom is -0.392 e. The topological polar surface area (TPSA) is 50.9 Å². The van der Waals surface area contributed by atoms with Crippen LogP contribution in [0.4, 0.5) is 0 Å². The third kappa shape index (κ3) is 1.81. The third-order valence-electron chi connectivity index (χ3n) is 2.83. The summed E-state index contributed by atoms with van der Waals surface area (Å²) in [6, 6.07) is 5.83. The molecule has 3 rings (SSSR count). The fourth-order valence-corrected chi connectivity index (χ4v) is 2.24. The van der Waals surface area contributed by atoms with Gasteiger partial charge in [0.2, 0.25) is 0 Å². The quantitative estimate of drug-likeness (QED) is 0.792. The standard InChI is InChI=1S/C13H10BrN3O/c14-11-6-16-13(5-10(11)8-18)17-4-2-9-1-3-15-7-12(9)17/h1-7,18H,8H2. The smallest absolute Gasteiger partial charge is 0.137 e. The number of aliphatic hydroxyl groups is 1. The van der Waals surface area contributed by atoms with Gasteiger partial charge in [-0.3, -0.25) is 9.55 Å². The van der Waals surface area contributed by atoms with Crippen LogP contribution in [-0.4, -0.2) is 19.6 Å². The molecule has 0 bridgehead atoms. The highest BCUT2D eigenvalue weighted by molar-refractivity contribution is 9.10. The van der Waals surface area contributed by atoms with Crippen LogP contribution in [-0.2, 0) is 6.61 Å². The van der Waals surface area contributed by atoms with Crippen molar-refractivity contribution in [3.05, 3.63) is 53.0 Å². The zero-order chi connectivity index (χ0) is 12.5. The molecule has 0 unspecified atom stereocenters. The number of halogens is 1. The number of aliphatic hydroxyl groups excluding tert-OH is 1. The molecule has 1 N–H and O–H groups in total. The lowest BCUT2D eigenvalue weighted by molar-refractivity contribution is 0.281. The van der Waals surface area contributed by atoms with Crippen LogP contribution < -0.4 is 0 Å². The van der Waals surface area contributed by atoms with Gasteiger partial charge in [0.25, 0.3) is 0 Å². The second kappa shape index (κ2) is 4.51. The monoisotopic (exact) mass is 303 g/mol. The van der Waals surface area contributed by atoms with Gasteiger partial charge in [0, 0.05) is 28.4 Å². The van der Waals surface area contributed by atoms with Crippen molar-refractivity contribution in [2.45, 2.75) is 6.61 Å². The number of hydrogen-bond acceptors (Lipinski definition) is 3. The van der Waals surface area contributed by atoms with E-state index in [-0.39, 0.29) is 6.61 Å². The van der Waals surface area contributed by atoms with Crippen molar-refractivity contribution in [2.24, 2.45) is 0 Å². The molecule has 0 atom stereocenters. The van der Waals surface area contributed by atoms with Crippen LogP contribution >= 0.6 is 15.9 Å². The van der Waals surface area contributed by atoms with Crippen LogP contribution in [0.3, 0.4) is 0 Å². The molecule has 0 amide bonds. The zero-order valence-corrected chi connectivity index (χ0v) is 11.0. The van der Waals surface area contributed by atoms with Gasteiger partial charge in [0.15, 0.2) is 0 Å². The van der Waals surface area contributed by atoms with E-state index >= 15 is 0 Å². The van der Waals surface area contributed by atoms with E-state index in [1.54, 1.807) is 18.6 Å². The number of pyridine rings is 2. The molecule has 3 aromatic rings. The third-order valence-corrected chi connectivity index (χ3v) is 3.55. The van der Waals surface area contributed by atoms with Gasteiger partial charge in [0.05, 0.1) is 18.3 Å². The van der Waals surface area contributed by atoms with E-state index in [9.17, 15) is 5.11 Å². The SMILES string of the molecule is OCc1cc(-n2ccc3ccncc32)ncc1Br. The largest absolute Gasteiger partial charge is 0.392 e. The Hall–Kier alpha value is -1.72. The summed E-state index contributed by atoms with van der Waals surface area (Å²) in [5.74, 6) is 0.769. The van der Waals surface area contributed by atoms with Crippen LogP contribution in [0.25, 0.3) is 16.7 Å². The van der Waals surface area contributed by atoms with E-state index in [0.717, 1.165) is 26.8 Å². The van der Waals surface area contributed by atoms with Gasteiger partial charge in [0.1, 0.15) is 5.82 Å². The Balaban J connectivity index is 2.20. The Bertz CT molecular complexity index is 708. The number of nitrogens with zero attached hydrogens (tertiary/aromatic N) is 3. The van der Waals surface area contributed by atoms with Crippen molar-refractivity contribution in [1.82, 2.24) is 14.5 Å². The van der Waals surface area contributed by atoms with E-state index < -0.39 is 0 Å². The summed E-state index contributed by atoms with van der Waals surface area (Å²) >= 11 is 3.36. The lowest BCUT2D eigenvalue weighted by atomic mass is 10.3. The molecule has 0 radical (unpaired) electrons. The Morgan fingerprint density at radius 2 is 2.17 bits per heavy atom. The fourth-order valence-electron chi connectivity index (χ4n) is 1.89. The predicted octanol–water partition coefficient (Wildman–Crippen LogP) is 2.68. The highest BCUT2D eigenvalue weighted by Crippen LogP contribution is 2.22. The minimum atomic E-state index is -0.0203. The Morgan fingerprint density at radius 1 is 1.28 bits per heavy atom. The van der Waals surface area contributed by atoms with E-state index in [1.807, 2.05) is 29.0 Å². The van der Waals surface area contributed by atoms with Crippen LogP contribution in [0.1, 0.15) is 5.56 Å². The summed E-state index contributed by atoms with van der Waals surface area (Å²) < 4.78 is 2.76. The van der Waals surface area contributed by atoms with Crippen molar-refractivity contribution in [1.29, 1.82) is 0 Å². The van der Waals surface area contributed by atoms with Crippen molar-refractivity contribution in [3.63, 3.8) is 0 Å². The molecule has 0 aromatic carbocycles. The summed E-state index contributed by atoms with van der Waals surface area (Å²) in [6.45, 7) is -0.0203. The summed E-state index contributed by atoms with van der Waals surface area (Å²) in [4.78, 5) is 8.48. The van der Waals surface area contributed by atoms with Crippen LogP contribution in [0.5, 0.6) is 0 Å². The molecule has 18 heavy (non-hydrogen) atoms. The number of hydrogen-bond donors (Lipinski definition) is 1. The number of fused-ring (bicyclic) bond motifs is 1. The maximum Gasteiger partial charge on any atom is 0.137 e.